The zero-order valence-electron chi connectivity index (χ0n) is 13.8. The number of likely N-dealkylation sites (N-methyl/N-ethyl adjacent to an activating group) is 1. The Labute approximate surface area is 129 Å². The second-order valence-corrected chi connectivity index (χ2v) is 6.06. The Bertz CT molecular complexity index is 421. The lowest BCUT2D eigenvalue weighted by molar-refractivity contribution is 0.278. The average Bonchev–Trinajstić information content (AvgIpc) is 2.94. The summed E-state index contributed by atoms with van der Waals surface area (Å²) in [5.41, 5.74) is 1.28. The summed E-state index contributed by atoms with van der Waals surface area (Å²) in [7, 11) is 1.76. The summed E-state index contributed by atoms with van der Waals surface area (Å²) in [6.07, 6.45) is 4.04. The fourth-order valence-corrected chi connectivity index (χ4v) is 3.45. The third-order valence-electron chi connectivity index (χ3n) is 4.47. The SMILES string of the molecule is CCCC1CCN(CC(NCC)c2ccccc2OC)C1. The van der Waals surface area contributed by atoms with E-state index in [9.17, 15) is 0 Å². The van der Waals surface area contributed by atoms with E-state index in [1.807, 2.05) is 6.07 Å². The van der Waals surface area contributed by atoms with Crippen LogP contribution in [0.4, 0.5) is 0 Å². The van der Waals surface area contributed by atoms with Gasteiger partial charge >= 0.3 is 0 Å². The summed E-state index contributed by atoms with van der Waals surface area (Å²) in [5.74, 6) is 1.89. The smallest absolute Gasteiger partial charge is 0.123 e. The lowest BCUT2D eigenvalue weighted by Gasteiger charge is -2.26. The number of nitrogens with one attached hydrogen (secondary N) is 1. The molecule has 3 heteroatoms. The van der Waals surface area contributed by atoms with Crippen LogP contribution in [-0.4, -0.2) is 38.2 Å². The Morgan fingerprint density at radius 2 is 2.14 bits per heavy atom. The van der Waals surface area contributed by atoms with Gasteiger partial charge < -0.3 is 15.0 Å². The molecule has 1 fully saturated rings. The first-order valence-electron chi connectivity index (χ1n) is 8.37. The minimum Gasteiger partial charge on any atom is -0.496 e. The third kappa shape index (κ3) is 4.45. The van der Waals surface area contributed by atoms with E-state index in [0.717, 1.165) is 24.8 Å². The normalized spacial score (nSPS) is 20.6. The fourth-order valence-electron chi connectivity index (χ4n) is 3.45. The highest BCUT2D eigenvalue weighted by Crippen LogP contribution is 2.28. The van der Waals surface area contributed by atoms with Gasteiger partial charge in [0, 0.05) is 24.7 Å². The quantitative estimate of drug-likeness (QED) is 0.793. The lowest BCUT2D eigenvalue weighted by Crippen LogP contribution is -2.34. The van der Waals surface area contributed by atoms with Gasteiger partial charge in [-0.1, -0.05) is 38.5 Å². The number of hydrogen-bond donors (Lipinski definition) is 1. The minimum absolute atomic E-state index is 0.353. The number of ether oxygens (including phenoxy) is 1. The van der Waals surface area contributed by atoms with Crippen LogP contribution in [0, 0.1) is 5.92 Å². The van der Waals surface area contributed by atoms with E-state index in [4.69, 9.17) is 4.74 Å². The van der Waals surface area contributed by atoms with E-state index in [1.165, 1.54) is 37.9 Å². The Morgan fingerprint density at radius 1 is 1.33 bits per heavy atom. The second-order valence-electron chi connectivity index (χ2n) is 6.06. The van der Waals surface area contributed by atoms with Crippen molar-refractivity contribution < 1.29 is 4.74 Å². The van der Waals surface area contributed by atoms with Crippen LogP contribution in [0.3, 0.4) is 0 Å². The van der Waals surface area contributed by atoms with Gasteiger partial charge in [-0.3, -0.25) is 0 Å². The molecule has 2 unspecified atom stereocenters. The van der Waals surface area contributed by atoms with Crippen LogP contribution < -0.4 is 10.1 Å². The molecule has 0 aliphatic carbocycles. The highest BCUT2D eigenvalue weighted by molar-refractivity contribution is 5.36. The Morgan fingerprint density at radius 3 is 2.86 bits per heavy atom. The van der Waals surface area contributed by atoms with Crippen molar-refractivity contribution in [2.24, 2.45) is 5.92 Å². The number of benzene rings is 1. The second kappa shape index (κ2) is 8.40. The van der Waals surface area contributed by atoms with Gasteiger partial charge in [0.25, 0.3) is 0 Å². The minimum atomic E-state index is 0.353. The van der Waals surface area contributed by atoms with Crippen molar-refractivity contribution in [3.05, 3.63) is 29.8 Å². The molecule has 2 rings (SSSR count). The van der Waals surface area contributed by atoms with E-state index >= 15 is 0 Å². The van der Waals surface area contributed by atoms with Crippen LogP contribution in [0.1, 0.15) is 44.7 Å². The summed E-state index contributed by atoms with van der Waals surface area (Å²) in [6.45, 7) is 9.02. The summed E-state index contributed by atoms with van der Waals surface area (Å²) in [4.78, 5) is 2.61. The van der Waals surface area contributed by atoms with Gasteiger partial charge in [-0.25, -0.2) is 0 Å². The number of hydrogen-bond acceptors (Lipinski definition) is 3. The molecule has 3 nitrogen and oxygen atoms in total. The third-order valence-corrected chi connectivity index (χ3v) is 4.47. The molecule has 118 valence electrons. The molecule has 1 aliphatic rings. The molecule has 1 aromatic carbocycles. The van der Waals surface area contributed by atoms with Crippen molar-refractivity contribution >= 4 is 0 Å². The molecule has 0 radical (unpaired) electrons. The van der Waals surface area contributed by atoms with Crippen LogP contribution in [0.25, 0.3) is 0 Å². The van der Waals surface area contributed by atoms with Gasteiger partial charge in [0.15, 0.2) is 0 Å². The topological polar surface area (TPSA) is 24.5 Å². The van der Waals surface area contributed by atoms with E-state index in [2.05, 4.69) is 42.3 Å². The highest BCUT2D eigenvalue weighted by Gasteiger charge is 2.25. The lowest BCUT2D eigenvalue weighted by atomic mass is 10.0. The molecule has 2 atom stereocenters. The van der Waals surface area contributed by atoms with E-state index < -0.39 is 0 Å². The maximum atomic E-state index is 5.54. The van der Waals surface area contributed by atoms with Crippen molar-refractivity contribution in [2.75, 3.05) is 33.3 Å². The van der Waals surface area contributed by atoms with Gasteiger partial charge in [-0.15, -0.1) is 0 Å². The molecule has 0 aromatic heterocycles. The highest BCUT2D eigenvalue weighted by atomic mass is 16.5. The van der Waals surface area contributed by atoms with Gasteiger partial charge in [0.05, 0.1) is 7.11 Å². The fraction of sp³-hybridized carbons (Fsp3) is 0.667. The van der Waals surface area contributed by atoms with Crippen LogP contribution in [0.15, 0.2) is 24.3 Å². The number of para-hydroxylation sites is 1. The molecule has 1 aliphatic heterocycles. The van der Waals surface area contributed by atoms with Crippen molar-refractivity contribution in [3.8, 4) is 5.75 Å². The van der Waals surface area contributed by atoms with Crippen LogP contribution in [0.2, 0.25) is 0 Å². The van der Waals surface area contributed by atoms with E-state index in [1.54, 1.807) is 7.11 Å². The maximum Gasteiger partial charge on any atom is 0.123 e. The molecule has 1 saturated heterocycles. The van der Waals surface area contributed by atoms with E-state index in [0.29, 0.717) is 6.04 Å². The molecule has 0 amide bonds. The first-order chi connectivity index (χ1) is 10.3. The van der Waals surface area contributed by atoms with Crippen LogP contribution in [0.5, 0.6) is 5.75 Å². The summed E-state index contributed by atoms with van der Waals surface area (Å²) >= 11 is 0. The first-order valence-corrected chi connectivity index (χ1v) is 8.37. The molecule has 1 N–H and O–H groups in total. The predicted molar refractivity (Wildman–Crippen MR) is 88.9 cm³/mol. The largest absolute Gasteiger partial charge is 0.496 e. The van der Waals surface area contributed by atoms with Crippen molar-refractivity contribution in [3.63, 3.8) is 0 Å². The number of nitrogens with zero attached hydrogens (tertiary/aromatic N) is 1. The summed E-state index contributed by atoms with van der Waals surface area (Å²) in [6, 6.07) is 8.74. The van der Waals surface area contributed by atoms with Crippen LogP contribution in [-0.2, 0) is 0 Å². The molecule has 21 heavy (non-hydrogen) atoms. The zero-order chi connectivity index (χ0) is 15.1. The maximum absolute atomic E-state index is 5.54. The molecule has 0 saturated carbocycles. The molecule has 0 spiro atoms. The first kappa shape index (κ1) is 16.3. The van der Waals surface area contributed by atoms with Gasteiger partial charge in [0.2, 0.25) is 0 Å². The number of rotatable bonds is 8. The molecule has 1 aromatic rings. The molecule has 0 bridgehead atoms. The van der Waals surface area contributed by atoms with E-state index in [-0.39, 0.29) is 0 Å². The number of methoxy groups -OCH3 is 1. The van der Waals surface area contributed by atoms with Crippen molar-refractivity contribution in [2.45, 2.75) is 39.2 Å². The summed E-state index contributed by atoms with van der Waals surface area (Å²) in [5, 5.41) is 3.63. The predicted octanol–water partition coefficient (Wildman–Crippen LogP) is 3.47. The standard InChI is InChI=1S/C18H30N2O/c1-4-8-15-11-12-20(13-15)14-17(19-5-2)16-9-6-7-10-18(16)21-3/h6-7,9-10,15,17,19H,4-5,8,11-14H2,1-3H3. The summed E-state index contributed by atoms with van der Waals surface area (Å²) < 4.78 is 5.54. The Balaban J connectivity index is 2.02. The van der Waals surface area contributed by atoms with Gasteiger partial charge in [0.1, 0.15) is 5.75 Å². The van der Waals surface area contributed by atoms with Gasteiger partial charge in [-0.05, 0) is 37.9 Å². The molecule has 1 heterocycles. The average molecular weight is 290 g/mol. The number of likely N-dealkylation sites (tertiary alicyclic amines) is 1. The molecular formula is C18H30N2O. The zero-order valence-corrected chi connectivity index (χ0v) is 13.8. The monoisotopic (exact) mass is 290 g/mol. The van der Waals surface area contributed by atoms with Crippen LogP contribution >= 0.6 is 0 Å². The van der Waals surface area contributed by atoms with Crippen molar-refractivity contribution in [1.29, 1.82) is 0 Å². The Kier molecular flexibility index (Phi) is 6.52. The Hall–Kier alpha value is -1.06. The van der Waals surface area contributed by atoms with Crippen molar-refractivity contribution in [1.82, 2.24) is 10.2 Å². The van der Waals surface area contributed by atoms with Gasteiger partial charge in [-0.2, -0.15) is 0 Å². The molecular weight excluding hydrogens is 260 g/mol.